The Hall–Kier alpha value is -4.66. The maximum atomic E-state index is 10.7. The number of aromatic nitrogens is 8. The first-order valence-electron chi connectivity index (χ1n) is 14.4. The molecule has 2 aliphatic heterocycles. The molecule has 48 heavy (non-hydrogen) atoms. The zero-order valence-electron chi connectivity index (χ0n) is 24.8. The molecule has 0 amide bonds. The van der Waals surface area contributed by atoms with Crippen molar-refractivity contribution in [1.82, 2.24) is 39.9 Å². The molecule has 0 atom stereocenters. The van der Waals surface area contributed by atoms with E-state index >= 15 is 0 Å². The van der Waals surface area contributed by atoms with Gasteiger partial charge in [0.25, 0.3) is 0 Å². The van der Waals surface area contributed by atoms with Crippen LogP contribution in [0.3, 0.4) is 0 Å². The van der Waals surface area contributed by atoms with Crippen LogP contribution in [0, 0.1) is 3.57 Å². The quantitative estimate of drug-likeness (QED) is 0.105. The predicted molar refractivity (Wildman–Crippen MR) is 184 cm³/mol. The molecule has 3 aromatic heterocycles. The molecule has 232 valence electrons. The van der Waals surface area contributed by atoms with Gasteiger partial charge in [-0.05, 0) is 28.7 Å². The number of rotatable bonds is 0. The van der Waals surface area contributed by atoms with Crippen molar-refractivity contribution in [3.63, 3.8) is 0 Å². The van der Waals surface area contributed by atoms with Crippen molar-refractivity contribution in [2.75, 3.05) is 6.54 Å². The van der Waals surface area contributed by atoms with Gasteiger partial charge < -0.3 is 15.7 Å². The second kappa shape index (κ2) is 12.4. The van der Waals surface area contributed by atoms with Gasteiger partial charge in [0.2, 0.25) is 0 Å². The van der Waals surface area contributed by atoms with Crippen molar-refractivity contribution in [3.8, 4) is 45.6 Å². The summed E-state index contributed by atoms with van der Waals surface area (Å²) in [6.45, 7) is -1.23. The van der Waals surface area contributed by atoms with Gasteiger partial charge in [0.05, 0.1) is 6.54 Å². The Labute approximate surface area is 296 Å². The average Bonchev–Trinajstić information content (AvgIpc) is 3.81. The number of H-pyrrole nitrogens is 2. The summed E-state index contributed by atoms with van der Waals surface area (Å²) < 4.78 is 33.0. The number of hydrogen-bond donors (Lipinski definition) is 3. The van der Waals surface area contributed by atoms with Crippen LogP contribution >= 0.6 is 22.6 Å². The van der Waals surface area contributed by atoms with Crippen molar-refractivity contribution >= 4 is 66.7 Å². The molecule has 4 aromatic carbocycles. The maximum Gasteiger partial charge on any atom is 0.400 e. The fourth-order valence-electron chi connectivity index (χ4n) is 5.65. The fourth-order valence-corrected chi connectivity index (χ4v) is 6.40. The van der Waals surface area contributed by atoms with Gasteiger partial charge in [-0.2, -0.15) is 13.2 Å². The number of alkyl halides is 3. The molecule has 9 nitrogen and oxygen atoms in total. The third kappa shape index (κ3) is 5.63. The number of fused-ring (bicyclic) bond motifs is 20. The number of benzene rings is 4. The Kier molecular flexibility index (Phi) is 8.26. The fraction of sp³-hybridized carbons (Fsp3) is 0.0588. The van der Waals surface area contributed by atoms with Gasteiger partial charge in [-0.3, -0.25) is 0 Å². The molecule has 2 aliphatic rings. The molecule has 0 spiro atoms. The van der Waals surface area contributed by atoms with Crippen LogP contribution in [0.2, 0.25) is 0 Å². The number of aromatic amines is 2. The summed E-state index contributed by atoms with van der Waals surface area (Å²) in [4.78, 5) is 37.0. The van der Waals surface area contributed by atoms with Crippen LogP contribution in [0.5, 0.6) is 0 Å². The molecule has 4 N–H and O–H groups in total. The van der Waals surface area contributed by atoms with E-state index in [1.165, 1.54) is 0 Å². The molecule has 0 saturated heterocycles. The van der Waals surface area contributed by atoms with Crippen LogP contribution in [0.1, 0.15) is 0 Å². The van der Waals surface area contributed by atoms with Gasteiger partial charge in [0, 0.05) is 66.8 Å². The second-order valence-electron chi connectivity index (χ2n) is 10.7. The molecular weight excluding hydrogens is 784 g/mol. The zero-order chi connectivity index (χ0) is 32.3. The van der Waals surface area contributed by atoms with Crippen molar-refractivity contribution < 1.29 is 32.6 Å². The predicted octanol–water partition coefficient (Wildman–Crippen LogP) is 7.98. The number of hydrogen-bond acceptors (Lipinski definition) is 7. The van der Waals surface area contributed by atoms with Gasteiger partial charge in [-0.1, -0.05) is 84.9 Å². The van der Waals surface area contributed by atoms with Crippen LogP contribution in [0.15, 0.2) is 91.0 Å². The SMILES string of the molecule is Ic1cccc2c3nc4nc(nc5[nH]c(nc6nc(nc([nH]3)c12)-c1ccccc1-6)c1ccccc51)-c1ccccc1-4.NCC(F)(F)F.[Zn]. The molecule has 5 heterocycles. The first-order valence-corrected chi connectivity index (χ1v) is 15.5. The summed E-state index contributed by atoms with van der Waals surface area (Å²) in [6, 6.07) is 30.4. The minimum Gasteiger partial charge on any atom is -0.324 e. The molecule has 8 bridgehead atoms. The van der Waals surface area contributed by atoms with Crippen LogP contribution in [0.4, 0.5) is 13.2 Å². The molecule has 0 radical (unpaired) electrons. The molecule has 9 rings (SSSR count). The molecular formula is C34H21F3IN9Zn. The monoisotopic (exact) mass is 803 g/mol. The van der Waals surface area contributed by atoms with Crippen LogP contribution in [-0.2, 0) is 19.5 Å². The van der Waals surface area contributed by atoms with Gasteiger partial charge in [0.1, 0.15) is 22.6 Å². The van der Waals surface area contributed by atoms with Crippen molar-refractivity contribution in [3.05, 3.63) is 94.6 Å². The first kappa shape index (κ1) is 31.9. The molecule has 7 aromatic rings. The number of nitrogens with zero attached hydrogens (tertiary/aromatic N) is 6. The van der Waals surface area contributed by atoms with Gasteiger partial charge in [-0.15, -0.1) is 0 Å². The molecule has 0 saturated carbocycles. The third-order valence-electron chi connectivity index (χ3n) is 7.76. The summed E-state index contributed by atoms with van der Waals surface area (Å²) in [5.41, 5.74) is 10.6. The molecule has 0 fully saturated rings. The molecule has 14 heteroatoms. The van der Waals surface area contributed by atoms with Gasteiger partial charge in [-0.25, -0.2) is 29.9 Å². The number of nitrogens with two attached hydrogens (primary N) is 1. The zero-order valence-corrected chi connectivity index (χ0v) is 30.0. The van der Waals surface area contributed by atoms with Crippen molar-refractivity contribution in [1.29, 1.82) is 0 Å². The molecule has 0 unspecified atom stereocenters. The Bertz CT molecular complexity index is 2540. The van der Waals surface area contributed by atoms with E-state index < -0.39 is 12.7 Å². The Morgan fingerprint density at radius 3 is 1.31 bits per heavy atom. The smallest absolute Gasteiger partial charge is 0.324 e. The van der Waals surface area contributed by atoms with Crippen LogP contribution in [-0.4, -0.2) is 52.6 Å². The summed E-state index contributed by atoms with van der Waals surface area (Å²) in [5.74, 6) is 2.39. The summed E-state index contributed by atoms with van der Waals surface area (Å²) in [6.07, 6.45) is -4.18. The van der Waals surface area contributed by atoms with E-state index in [0.29, 0.717) is 45.9 Å². The van der Waals surface area contributed by atoms with Crippen molar-refractivity contribution in [2.45, 2.75) is 6.18 Å². The second-order valence-corrected chi connectivity index (χ2v) is 11.9. The third-order valence-corrected chi connectivity index (χ3v) is 8.66. The summed E-state index contributed by atoms with van der Waals surface area (Å²) in [5, 5.41) is 3.86. The summed E-state index contributed by atoms with van der Waals surface area (Å²) in [7, 11) is 0. The standard InChI is InChI=1S/C32H17IN8.C2H4F3N.Zn/c33-23-15-7-14-22-24(23)32-40-30-21-13-6-5-12-20(21)28(38-30)36-26-17-9-2-1-8-16(17)25(34-26)35-27-18-10-3-4-11-19(18)29(37-27)39-31(22)41-32;3-2(4,5)1-6;/h1-15H,(H2,34,35,36,37,38,39,40,41);1,6H2;. The minimum atomic E-state index is -4.18. The summed E-state index contributed by atoms with van der Waals surface area (Å²) >= 11 is 2.35. The van der Waals surface area contributed by atoms with E-state index in [4.69, 9.17) is 29.9 Å². The van der Waals surface area contributed by atoms with E-state index in [2.05, 4.69) is 50.4 Å². The number of halogens is 4. The topological polar surface area (TPSA) is 135 Å². The molecule has 0 aliphatic carbocycles. The van der Waals surface area contributed by atoms with Gasteiger partial charge in [0.15, 0.2) is 23.3 Å². The van der Waals surface area contributed by atoms with E-state index in [-0.39, 0.29) is 19.5 Å². The largest absolute Gasteiger partial charge is 0.400 e. The average molecular weight is 805 g/mol. The Morgan fingerprint density at radius 2 is 0.875 bits per heavy atom. The van der Waals surface area contributed by atoms with Gasteiger partial charge >= 0.3 is 6.18 Å². The van der Waals surface area contributed by atoms with E-state index in [1.807, 2.05) is 78.9 Å². The van der Waals surface area contributed by atoms with E-state index in [1.54, 1.807) is 0 Å². The van der Waals surface area contributed by atoms with E-state index in [9.17, 15) is 13.2 Å². The van der Waals surface area contributed by atoms with Crippen molar-refractivity contribution in [2.24, 2.45) is 5.73 Å². The normalized spacial score (nSPS) is 11.8. The maximum absolute atomic E-state index is 10.7. The van der Waals surface area contributed by atoms with Crippen LogP contribution < -0.4 is 5.73 Å². The number of nitrogens with one attached hydrogen (secondary N) is 2. The van der Waals surface area contributed by atoms with Crippen LogP contribution in [0.25, 0.3) is 89.7 Å². The first-order chi connectivity index (χ1) is 22.8. The Morgan fingerprint density at radius 1 is 0.521 bits per heavy atom. The minimum absolute atomic E-state index is 0. The Balaban J connectivity index is 0.000000481. The van der Waals surface area contributed by atoms with E-state index in [0.717, 1.165) is 47.4 Å².